The molecule has 0 saturated carbocycles. The molecule has 0 radical (unpaired) electrons. The fourth-order valence-corrected chi connectivity index (χ4v) is 1.58. The van der Waals surface area contributed by atoms with Crippen LogP contribution in [-0.4, -0.2) is 29.8 Å². The predicted octanol–water partition coefficient (Wildman–Crippen LogP) is 2.51. The predicted molar refractivity (Wildman–Crippen MR) is 68.0 cm³/mol. The van der Waals surface area contributed by atoms with Crippen LogP contribution in [0.1, 0.15) is 19.4 Å². The molecular weight excluding hydrogens is 273 g/mol. The second-order valence-corrected chi connectivity index (χ2v) is 4.01. The van der Waals surface area contributed by atoms with Crippen LogP contribution >= 0.6 is 0 Å². The Hall–Kier alpha value is -2.05. The summed E-state index contributed by atoms with van der Waals surface area (Å²) in [4.78, 5) is 24.6. The minimum Gasteiger partial charge on any atom is -0.335 e. The zero-order valence-electron chi connectivity index (χ0n) is 11.1. The highest BCUT2D eigenvalue weighted by atomic mass is 19.4. The molecule has 0 aliphatic rings. The van der Waals surface area contributed by atoms with Gasteiger partial charge in [0.1, 0.15) is 0 Å². The topological polar surface area (TPSA) is 49.4 Å². The standard InChI is InChI=1S/C13H15F3N2O2/c1-3-18(4-2)12(20)11(19)17-10-7-5-9(6-8-10)13(14,15)16/h5-8H,3-4H2,1-2H3,(H,17,19). The molecule has 0 saturated heterocycles. The van der Waals surface area contributed by atoms with Gasteiger partial charge < -0.3 is 10.2 Å². The lowest BCUT2D eigenvalue weighted by Crippen LogP contribution is -2.39. The average Bonchev–Trinajstić information content (AvgIpc) is 2.39. The Labute approximate surface area is 114 Å². The van der Waals surface area contributed by atoms with Crippen LogP contribution in [0, 0.1) is 0 Å². The van der Waals surface area contributed by atoms with Gasteiger partial charge in [-0.05, 0) is 38.1 Å². The van der Waals surface area contributed by atoms with E-state index in [-0.39, 0.29) is 5.69 Å². The molecule has 0 atom stereocenters. The molecule has 1 aromatic carbocycles. The van der Waals surface area contributed by atoms with Crippen molar-refractivity contribution in [2.45, 2.75) is 20.0 Å². The molecule has 0 fully saturated rings. The van der Waals surface area contributed by atoms with Crippen LogP contribution < -0.4 is 5.32 Å². The van der Waals surface area contributed by atoms with E-state index >= 15 is 0 Å². The third-order valence-corrected chi connectivity index (χ3v) is 2.71. The van der Waals surface area contributed by atoms with Gasteiger partial charge in [-0.15, -0.1) is 0 Å². The van der Waals surface area contributed by atoms with Gasteiger partial charge in [0.25, 0.3) is 0 Å². The van der Waals surface area contributed by atoms with E-state index in [2.05, 4.69) is 5.32 Å². The Morgan fingerprint density at radius 2 is 1.60 bits per heavy atom. The van der Waals surface area contributed by atoms with Gasteiger partial charge in [0, 0.05) is 18.8 Å². The monoisotopic (exact) mass is 288 g/mol. The van der Waals surface area contributed by atoms with Crippen molar-refractivity contribution >= 4 is 17.5 Å². The number of amides is 2. The Morgan fingerprint density at radius 1 is 1.10 bits per heavy atom. The molecule has 4 nitrogen and oxygen atoms in total. The van der Waals surface area contributed by atoms with Crippen LogP contribution in [0.25, 0.3) is 0 Å². The summed E-state index contributed by atoms with van der Waals surface area (Å²) >= 11 is 0. The second-order valence-electron chi connectivity index (χ2n) is 4.01. The van der Waals surface area contributed by atoms with Crippen molar-refractivity contribution in [1.29, 1.82) is 0 Å². The van der Waals surface area contributed by atoms with Gasteiger partial charge in [-0.25, -0.2) is 0 Å². The minimum atomic E-state index is -4.43. The molecule has 0 aromatic heterocycles. The first-order chi connectivity index (χ1) is 9.29. The molecule has 110 valence electrons. The lowest BCUT2D eigenvalue weighted by Gasteiger charge is -2.17. The molecule has 2 amide bonds. The number of carbonyl (C=O) groups excluding carboxylic acids is 2. The summed E-state index contributed by atoms with van der Waals surface area (Å²) in [7, 11) is 0. The molecule has 0 aliphatic carbocycles. The molecule has 20 heavy (non-hydrogen) atoms. The SMILES string of the molecule is CCN(CC)C(=O)C(=O)Nc1ccc(C(F)(F)F)cc1. The van der Waals surface area contributed by atoms with E-state index in [1.807, 2.05) is 0 Å². The summed E-state index contributed by atoms with van der Waals surface area (Å²) in [6.45, 7) is 4.23. The number of rotatable bonds is 3. The highest BCUT2D eigenvalue weighted by Crippen LogP contribution is 2.29. The van der Waals surface area contributed by atoms with Crippen LogP contribution in [0.2, 0.25) is 0 Å². The maximum atomic E-state index is 12.4. The average molecular weight is 288 g/mol. The van der Waals surface area contributed by atoms with Crippen molar-refractivity contribution in [1.82, 2.24) is 4.90 Å². The Bertz CT molecular complexity index is 479. The van der Waals surface area contributed by atoms with E-state index < -0.39 is 23.6 Å². The molecule has 1 rings (SSSR count). The van der Waals surface area contributed by atoms with Crippen LogP contribution in [0.15, 0.2) is 24.3 Å². The highest BCUT2D eigenvalue weighted by Gasteiger charge is 2.30. The summed E-state index contributed by atoms with van der Waals surface area (Å²) in [5.74, 6) is -1.58. The van der Waals surface area contributed by atoms with Gasteiger partial charge in [0.05, 0.1) is 5.56 Å². The van der Waals surface area contributed by atoms with Gasteiger partial charge in [0.2, 0.25) is 0 Å². The van der Waals surface area contributed by atoms with Gasteiger partial charge in [-0.1, -0.05) is 0 Å². The molecule has 0 aliphatic heterocycles. The van der Waals surface area contributed by atoms with Crippen molar-refractivity contribution in [3.63, 3.8) is 0 Å². The zero-order valence-corrected chi connectivity index (χ0v) is 11.1. The van der Waals surface area contributed by atoms with Crippen LogP contribution in [0.5, 0.6) is 0 Å². The first-order valence-electron chi connectivity index (χ1n) is 6.07. The number of alkyl halides is 3. The third-order valence-electron chi connectivity index (χ3n) is 2.71. The van der Waals surface area contributed by atoms with Crippen LogP contribution in [0.3, 0.4) is 0 Å². The Balaban J connectivity index is 2.74. The Kier molecular flexibility index (Phi) is 5.12. The molecule has 7 heteroatoms. The number of carbonyl (C=O) groups is 2. The smallest absolute Gasteiger partial charge is 0.335 e. The maximum Gasteiger partial charge on any atom is 0.416 e. The van der Waals surface area contributed by atoms with Crippen molar-refractivity contribution in [2.75, 3.05) is 18.4 Å². The Morgan fingerprint density at radius 3 is 2.00 bits per heavy atom. The van der Waals surface area contributed by atoms with Gasteiger partial charge in [-0.3, -0.25) is 9.59 Å². The largest absolute Gasteiger partial charge is 0.416 e. The van der Waals surface area contributed by atoms with Crippen molar-refractivity contribution < 1.29 is 22.8 Å². The van der Waals surface area contributed by atoms with E-state index in [0.717, 1.165) is 24.3 Å². The number of likely N-dealkylation sites (N-methyl/N-ethyl adjacent to an activating group) is 1. The summed E-state index contributed by atoms with van der Waals surface area (Å²) < 4.78 is 37.1. The number of benzene rings is 1. The molecule has 0 unspecified atom stereocenters. The van der Waals surface area contributed by atoms with Crippen molar-refractivity contribution in [3.8, 4) is 0 Å². The summed E-state index contributed by atoms with van der Waals surface area (Å²) in [6, 6.07) is 3.90. The molecular formula is C13H15F3N2O2. The number of hydrogen-bond acceptors (Lipinski definition) is 2. The molecule has 1 aromatic rings. The van der Waals surface area contributed by atoms with E-state index in [1.165, 1.54) is 4.90 Å². The number of anilines is 1. The first-order valence-corrected chi connectivity index (χ1v) is 6.07. The molecule has 0 bridgehead atoms. The summed E-state index contributed by atoms with van der Waals surface area (Å²) in [6.07, 6.45) is -4.43. The highest BCUT2D eigenvalue weighted by molar-refractivity contribution is 6.39. The third kappa shape index (κ3) is 3.97. The number of nitrogens with zero attached hydrogens (tertiary/aromatic N) is 1. The fraction of sp³-hybridized carbons (Fsp3) is 0.385. The summed E-state index contributed by atoms with van der Waals surface area (Å²) in [5, 5.41) is 2.27. The first kappa shape index (κ1) is 16.0. The second kappa shape index (κ2) is 6.40. The van der Waals surface area contributed by atoms with Crippen LogP contribution in [-0.2, 0) is 15.8 Å². The minimum absolute atomic E-state index is 0.142. The van der Waals surface area contributed by atoms with Crippen molar-refractivity contribution in [2.24, 2.45) is 0 Å². The van der Waals surface area contributed by atoms with Crippen LogP contribution in [0.4, 0.5) is 18.9 Å². The lowest BCUT2D eigenvalue weighted by atomic mass is 10.2. The molecule has 1 N–H and O–H groups in total. The van der Waals surface area contributed by atoms with E-state index in [1.54, 1.807) is 13.8 Å². The van der Waals surface area contributed by atoms with E-state index in [0.29, 0.717) is 13.1 Å². The number of hydrogen-bond donors (Lipinski definition) is 1. The normalized spacial score (nSPS) is 11.1. The number of nitrogens with one attached hydrogen (secondary N) is 1. The van der Waals surface area contributed by atoms with E-state index in [9.17, 15) is 22.8 Å². The zero-order chi connectivity index (χ0) is 15.3. The molecule has 0 heterocycles. The lowest BCUT2D eigenvalue weighted by molar-refractivity contribution is -0.142. The fourth-order valence-electron chi connectivity index (χ4n) is 1.58. The van der Waals surface area contributed by atoms with Gasteiger partial charge in [0.15, 0.2) is 0 Å². The summed E-state index contributed by atoms with van der Waals surface area (Å²) in [5.41, 5.74) is -0.672. The quantitative estimate of drug-likeness (QED) is 0.869. The number of halogens is 3. The van der Waals surface area contributed by atoms with Crippen molar-refractivity contribution in [3.05, 3.63) is 29.8 Å². The molecule has 0 spiro atoms. The van der Waals surface area contributed by atoms with Gasteiger partial charge >= 0.3 is 18.0 Å². The van der Waals surface area contributed by atoms with E-state index in [4.69, 9.17) is 0 Å². The maximum absolute atomic E-state index is 12.4. The van der Waals surface area contributed by atoms with Gasteiger partial charge in [-0.2, -0.15) is 13.2 Å².